The van der Waals surface area contributed by atoms with Crippen molar-refractivity contribution < 1.29 is 9.59 Å². The van der Waals surface area contributed by atoms with Gasteiger partial charge in [-0.05, 0) is 31.5 Å². The average molecular weight is 264 g/mol. The van der Waals surface area contributed by atoms with Crippen LogP contribution in [0.3, 0.4) is 0 Å². The molecule has 0 spiro atoms. The van der Waals surface area contributed by atoms with Gasteiger partial charge in [0.05, 0.1) is 6.54 Å². The molecule has 0 atom stereocenters. The average Bonchev–Trinajstić information content (AvgIpc) is 2.34. The zero-order chi connectivity index (χ0) is 14.3. The maximum atomic E-state index is 11.6. The SMILES string of the molecule is Cc1ccccc1N(CCCN)CC(=O)NC(N)=O. The van der Waals surface area contributed by atoms with E-state index >= 15 is 0 Å². The second-order valence-electron chi connectivity index (χ2n) is 4.26. The number of carbonyl (C=O) groups is 2. The van der Waals surface area contributed by atoms with Crippen molar-refractivity contribution in [3.8, 4) is 0 Å². The molecule has 19 heavy (non-hydrogen) atoms. The van der Waals surface area contributed by atoms with E-state index in [0.29, 0.717) is 13.1 Å². The van der Waals surface area contributed by atoms with Crippen molar-refractivity contribution in [3.05, 3.63) is 29.8 Å². The van der Waals surface area contributed by atoms with E-state index in [1.165, 1.54) is 0 Å². The minimum Gasteiger partial charge on any atom is -0.362 e. The topological polar surface area (TPSA) is 101 Å². The normalized spacial score (nSPS) is 10.0. The summed E-state index contributed by atoms with van der Waals surface area (Å²) in [5, 5.41) is 2.07. The summed E-state index contributed by atoms with van der Waals surface area (Å²) >= 11 is 0. The number of carbonyl (C=O) groups excluding carboxylic acids is 2. The van der Waals surface area contributed by atoms with Crippen LogP contribution in [0.4, 0.5) is 10.5 Å². The Kier molecular flexibility index (Phi) is 5.81. The molecule has 0 aliphatic carbocycles. The number of para-hydroxylation sites is 1. The standard InChI is InChI=1S/C13H20N4O2/c1-10-5-2-3-6-11(10)17(8-4-7-14)9-12(18)16-13(15)19/h2-3,5-6H,4,7-9,14H2,1H3,(H3,15,16,18,19). The van der Waals surface area contributed by atoms with E-state index in [-0.39, 0.29) is 6.54 Å². The highest BCUT2D eigenvalue weighted by atomic mass is 16.2. The van der Waals surface area contributed by atoms with Crippen molar-refractivity contribution in [1.82, 2.24) is 5.32 Å². The third-order valence-corrected chi connectivity index (χ3v) is 2.69. The molecule has 0 unspecified atom stereocenters. The van der Waals surface area contributed by atoms with E-state index in [9.17, 15) is 9.59 Å². The Morgan fingerprint density at radius 2 is 2.00 bits per heavy atom. The van der Waals surface area contributed by atoms with E-state index in [4.69, 9.17) is 11.5 Å². The Morgan fingerprint density at radius 1 is 1.32 bits per heavy atom. The van der Waals surface area contributed by atoms with Gasteiger partial charge in [0.2, 0.25) is 5.91 Å². The molecule has 6 nitrogen and oxygen atoms in total. The first-order valence-corrected chi connectivity index (χ1v) is 6.14. The molecular weight excluding hydrogens is 244 g/mol. The van der Waals surface area contributed by atoms with Gasteiger partial charge < -0.3 is 16.4 Å². The van der Waals surface area contributed by atoms with Crippen LogP contribution >= 0.6 is 0 Å². The largest absolute Gasteiger partial charge is 0.362 e. The molecule has 1 aromatic carbocycles. The first kappa shape index (κ1) is 15.0. The van der Waals surface area contributed by atoms with Crippen LogP contribution in [-0.2, 0) is 4.79 Å². The molecule has 0 heterocycles. The Labute approximate surface area is 112 Å². The van der Waals surface area contributed by atoms with Crippen LogP contribution in [-0.4, -0.2) is 31.6 Å². The Bertz CT molecular complexity index is 448. The molecule has 0 saturated carbocycles. The fraction of sp³-hybridized carbons (Fsp3) is 0.385. The Balaban J connectivity index is 2.80. The number of nitrogens with zero attached hydrogens (tertiary/aromatic N) is 1. The number of urea groups is 1. The molecule has 1 rings (SSSR count). The summed E-state index contributed by atoms with van der Waals surface area (Å²) in [6, 6.07) is 6.90. The number of hydrogen-bond donors (Lipinski definition) is 3. The number of imide groups is 1. The van der Waals surface area contributed by atoms with Gasteiger partial charge in [0.1, 0.15) is 0 Å². The zero-order valence-electron chi connectivity index (χ0n) is 11.1. The summed E-state index contributed by atoms with van der Waals surface area (Å²) in [6.45, 7) is 3.23. The van der Waals surface area contributed by atoms with E-state index < -0.39 is 11.9 Å². The summed E-state index contributed by atoms with van der Waals surface area (Å²) in [7, 11) is 0. The molecule has 0 fully saturated rings. The number of aryl methyl sites for hydroxylation is 1. The zero-order valence-corrected chi connectivity index (χ0v) is 11.1. The van der Waals surface area contributed by atoms with Crippen molar-refractivity contribution in [1.29, 1.82) is 0 Å². The van der Waals surface area contributed by atoms with Crippen molar-refractivity contribution in [2.75, 3.05) is 24.5 Å². The number of rotatable bonds is 6. The number of nitrogens with one attached hydrogen (secondary N) is 1. The van der Waals surface area contributed by atoms with Gasteiger partial charge in [-0.2, -0.15) is 0 Å². The predicted octanol–water partition coefficient (Wildman–Crippen LogP) is 0.345. The highest BCUT2D eigenvalue weighted by molar-refractivity contribution is 5.95. The molecule has 104 valence electrons. The molecule has 3 amide bonds. The minimum atomic E-state index is -0.839. The summed E-state index contributed by atoms with van der Waals surface area (Å²) in [5.41, 5.74) is 12.4. The second kappa shape index (κ2) is 7.38. The lowest BCUT2D eigenvalue weighted by Gasteiger charge is -2.25. The van der Waals surface area contributed by atoms with Crippen LogP contribution in [0.15, 0.2) is 24.3 Å². The fourth-order valence-corrected chi connectivity index (χ4v) is 1.84. The van der Waals surface area contributed by atoms with Crippen LogP contribution in [0.2, 0.25) is 0 Å². The fourth-order valence-electron chi connectivity index (χ4n) is 1.84. The summed E-state index contributed by atoms with van der Waals surface area (Å²) in [6.07, 6.45) is 0.762. The first-order valence-electron chi connectivity index (χ1n) is 6.14. The van der Waals surface area contributed by atoms with E-state index in [0.717, 1.165) is 17.7 Å². The molecule has 5 N–H and O–H groups in total. The third-order valence-electron chi connectivity index (χ3n) is 2.69. The molecular formula is C13H20N4O2. The maximum absolute atomic E-state index is 11.6. The summed E-state index contributed by atoms with van der Waals surface area (Å²) in [5.74, 6) is -0.423. The number of nitrogens with two attached hydrogens (primary N) is 2. The highest BCUT2D eigenvalue weighted by Crippen LogP contribution is 2.19. The second-order valence-corrected chi connectivity index (χ2v) is 4.26. The molecule has 0 aliphatic rings. The predicted molar refractivity (Wildman–Crippen MR) is 74.8 cm³/mol. The molecule has 0 saturated heterocycles. The number of anilines is 1. The summed E-state index contributed by atoms with van der Waals surface area (Å²) < 4.78 is 0. The smallest absolute Gasteiger partial charge is 0.318 e. The number of amides is 3. The van der Waals surface area contributed by atoms with Crippen molar-refractivity contribution >= 4 is 17.6 Å². The van der Waals surface area contributed by atoms with Crippen LogP contribution < -0.4 is 21.7 Å². The molecule has 6 heteroatoms. The Hall–Kier alpha value is -2.08. The van der Waals surface area contributed by atoms with Crippen molar-refractivity contribution in [3.63, 3.8) is 0 Å². The first-order chi connectivity index (χ1) is 9.04. The van der Waals surface area contributed by atoms with Gasteiger partial charge in [0, 0.05) is 12.2 Å². The monoisotopic (exact) mass is 264 g/mol. The molecule has 0 aliphatic heterocycles. The van der Waals surface area contributed by atoms with Crippen molar-refractivity contribution in [2.45, 2.75) is 13.3 Å². The molecule has 1 aromatic rings. The van der Waals surface area contributed by atoms with Gasteiger partial charge in [0.25, 0.3) is 0 Å². The van der Waals surface area contributed by atoms with E-state index in [1.807, 2.05) is 36.1 Å². The van der Waals surface area contributed by atoms with Gasteiger partial charge in [-0.25, -0.2) is 4.79 Å². The van der Waals surface area contributed by atoms with Crippen LogP contribution in [0.25, 0.3) is 0 Å². The van der Waals surface area contributed by atoms with Gasteiger partial charge in [-0.15, -0.1) is 0 Å². The van der Waals surface area contributed by atoms with E-state index in [2.05, 4.69) is 5.32 Å². The van der Waals surface area contributed by atoms with Gasteiger partial charge in [-0.1, -0.05) is 18.2 Å². The Morgan fingerprint density at radius 3 is 2.58 bits per heavy atom. The maximum Gasteiger partial charge on any atom is 0.318 e. The third kappa shape index (κ3) is 4.97. The lowest BCUT2D eigenvalue weighted by molar-refractivity contribution is -0.118. The molecule has 0 bridgehead atoms. The molecule has 0 radical (unpaired) electrons. The highest BCUT2D eigenvalue weighted by Gasteiger charge is 2.13. The minimum absolute atomic E-state index is 0.0772. The van der Waals surface area contributed by atoms with E-state index in [1.54, 1.807) is 0 Å². The number of primary amides is 1. The molecule has 0 aromatic heterocycles. The number of benzene rings is 1. The lowest BCUT2D eigenvalue weighted by atomic mass is 10.1. The van der Waals surface area contributed by atoms with Crippen molar-refractivity contribution in [2.24, 2.45) is 11.5 Å². The van der Waals surface area contributed by atoms with Crippen LogP contribution in [0.1, 0.15) is 12.0 Å². The lowest BCUT2D eigenvalue weighted by Crippen LogP contribution is -2.43. The quantitative estimate of drug-likeness (QED) is 0.689. The van der Waals surface area contributed by atoms with Gasteiger partial charge in [-0.3, -0.25) is 10.1 Å². The van der Waals surface area contributed by atoms with Crippen LogP contribution in [0, 0.1) is 6.92 Å². The van der Waals surface area contributed by atoms with Gasteiger partial charge >= 0.3 is 6.03 Å². The number of hydrogen-bond acceptors (Lipinski definition) is 4. The summed E-state index contributed by atoms with van der Waals surface area (Å²) in [4.78, 5) is 24.2. The van der Waals surface area contributed by atoms with Crippen LogP contribution in [0.5, 0.6) is 0 Å². The van der Waals surface area contributed by atoms with Gasteiger partial charge in [0.15, 0.2) is 0 Å².